The standard InChI is InChI=1S/C17H24N2O3S/c20-23(21)9-7-14(10-22-11-15-4-1-2-8-18-15)17(23)12-19(13-17)16-5-3-6-16/h1-2,4,8,14,16H,3,5-7,9-13H2/t14-/m0/s1. The molecule has 3 heterocycles. The molecule has 126 valence electrons. The summed E-state index contributed by atoms with van der Waals surface area (Å²) in [4.78, 5) is 6.62. The second-order valence-corrected chi connectivity index (χ2v) is 9.65. The lowest BCUT2D eigenvalue weighted by molar-refractivity contribution is -0.0154. The number of rotatable bonds is 5. The minimum Gasteiger partial charge on any atom is -0.375 e. The van der Waals surface area contributed by atoms with Crippen molar-refractivity contribution in [3.8, 4) is 0 Å². The summed E-state index contributed by atoms with van der Waals surface area (Å²) in [5, 5.41) is 0. The zero-order valence-corrected chi connectivity index (χ0v) is 14.2. The Morgan fingerprint density at radius 1 is 1.26 bits per heavy atom. The van der Waals surface area contributed by atoms with Crippen molar-refractivity contribution >= 4 is 9.84 Å². The fourth-order valence-corrected chi connectivity index (χ4v) is 6.57. The third kappa shape index (κ3) is 2.61. The van der Waals surface area contributed by atoms with Crippen LogP contribution in [0.25, 0.3) is 0 Å². The Balaban J connectivity index is 1.38. The molecule has 1 saturated carbocycles. The van der Waals surface area contributed by atoms with Crippen molar-refractivity contribution in [1.82, 2.24) is 9.88 Å². The largest absolute Gasteiger partial charge is 0.375 e. The molecule has 1 aliphatic carbocycles. The van der Waals surface area contributed by atoms with E-state index in [1.54, 1.807) is 6.20 Å². The van der Waals surface area contributed by atoms with Gasteiger partial charge < -0.3 is 4.74 Å². The highest BCUT2D eigenvalue weighted by atomic mass is 32.2. The van der Waals surface area contributed by atoms with Crippen molar-refractivity contribution in [2.75, 3.05) is 25.4 Å². The molecule has 0 radical (unpaired) electrons. The van der Waals surface area contributed by atoms with Crippen LogP contribution < -0.4 is 0 Å². The number of nitrogens with zero attached hydrogens (tertiary/aromatic N) is 2. The molecule has 2 aliphatic heterocycles. The fourth-order valence-electron chi connectivity index (χ4n) is 4.15. The van der Waals surface area contributed by atoms with E-state index in [2.05, 4.69) is 9.88 Å². The minimum absolute atomic E-state index is 0.132. The van der Waals surface area contributed by atoms with Gasteiger partial charge in [0.05, 0.1) is 24.7 Å². The molecule has 1 aromatic rings. The van der Waals surface area contributed by atoms with Crippen molar-refractivity contribution < 1.29 is 13.2 Å². The summed E-state index contributed by atoms with van der Waals surface area (Å²) in [5.74, 6) is 0.455. The molecule has 2 saturated heterocycles. The first-order chi connectivity index (χ1) is 11.1. The maximum Gasteiger partial charge on any atom is 0.158 e. The number of aromatic nitrogens is 1. The summed E-state index contributed by atoms with van der Waals surface area (Å²) >= 11 is 0. The lowest BCUT2D eigenvalue weighted by Gasteiger charge is -2.55. The summed E-state index contributed by atoms with van der Waals surface area (Å²) in [6, 6.07) is 6.38. The molecule has 1 aromatic heterocycles. The van der Waals surface area contributed by atoms with Crippen LogP contribution in [0.15, 0.2) is 24.4 Å². The van der Waals surface area contributed by atoms with Gasteiger partial charge in [-0.05, 0) is 31.4 Å². The number of hydrogen-bond acceptors (Lipinski definition) is 5. The summed E-state index contributed by atoms with van der Waals surface area (Å²) in [6.07, 6.45) is 6.25. The Morgan fingerprint density at radius 2 is 2.09 bits per heavy atom. The van der Waals surface area contributed by atoms with Crippen LogP contribution in [0.4, 0.5) is 0 Å². The van der Waals surface area contributed by atoms with Gasteiger partial charge in [-0.2, -0.15) is 0 Å². The van der Waals surface area contributed by atoms with E-state index in [4.69, 9.17) is 4.74 Å². The topological polar surface area (TPSA) is 59.5 Å². The monoisotopic (exact) mass is 336 g/mol. The van der Waals surface area contributed by atoms with Crippen molar-refractivity contribution in [3.63, 3.8) is 0 Å². The van der Waals surface area contributed by atoms with Gasteiger partial charge in [0.25, 0.3) is 0 Å². The molecule has 4 rings (SSSR count). The van der Waals surface area contributed by atoms with E-state index in [1.165, 1.54) is 19.3 Å². The Kier molecular flexibility index (Phi) is 3.94. The van der Waals surface area contributed by atoms with Gasteiger partial charge in [0.15, 0.2) is 9.84 Å². The SMILES string of the molecule is O=S1(=O)CC[C@@H](COCc2ccccn2)C12CN(C1CCC1)C2. The lowest BCUT2D eigenvalue weighted by Crippen LogP contribution is -2.70. The van der Waals surface area contributed by atoms with Crippen LogP contribution in [0.3, 0.4) is 0 Å². The van der Waals surface area contributed by atoms with Crippen molar-refractivity contribution in [1.29, 1.82) is 0 Å². The molecule has 0 aromatic carbocycles. The van der Waals surface area contributed by atoms with Crippen LogP contribution in [-0.2, 0) is 21.2 Å². The summed E-state index contributed by atoms with van der Waals surface area (Å²) in [6.45, 7) is 2.42. The van der Waals surface area contributed by atoms with E-state index in [0.29, 0.717) is 25.0 Å². The third-order valence-corrected chi connectivity index (χ3v) is 8.53. The molecule has 6 heteroatoms. The van der Waals surface area contributed by atoms with Gasteiger partial charge in [-0.15, -0.1) is 0 Å². The molecule has 3 aliphatic rings. The predicted octanol–water partition coefficient (Wildman–Crippen LogP) is 1.64. The van der Waals surface area contributed by atoms with Crippen LogP contribution in [-0.4, -0.2) is 54.5 Å². The van der Waals surface area contributed by atoms with Gasteiger partial charge in [-0.25, -0.2) is 8.42 Å². The van der Waals surface area contributed by atoms with E-state index in [1.807, 2.05) is 18.2 Å². The van der Waals surface area contributed by atoms with E-state index in [-0.39, 0.29) is 5.92 Å². The first-order valence-electron chi connectivity index (χ1n) is 8.55. The molecule has 0 bridgehead atoms. The van der Waals surface area contributed by atoms with Gasteiger partial charge >= 0.3 is 0 Å². The maximum absolute atomic E-state index is 12.6. The second-order valence-electron chi connectivity index (χ2n) is 7.20. The molecule has 0 N–H and O–H groups in total. The van der Waals surface area contributed by atoms with Crippen molar-refractivity contribution in [2.45, 2.75) is 43.1 Å². The Bertz CT molecular complexity index is 652. The highest BCUT2D eigenvalue weighted by Gasteiger charge is 2.62. The molecule has 1 spiro atoms. The first-order valence-corrected chi connectivity index (χ1v) is 10.2. The molecule has 3 fully saturated rings. The lowest BCUT2D eigenvalue weighted by atomic mass is 9.79. The average Bonchev–Trinajstić information content (AvgIpc) is 2.70. The second kappa shape index (κ2) is 5.83. The Labute approximate surface area is 138 Å². The molecule has 0 unspecified atom stereocenters. The summed E-state index contributed by atoms with van der Waals surface area (Å²) < 4.78 is 30.5. The normalized spacial score (nSPS) is 29.3. The van der Waals surface area contributed by atoms with Crippen molar-refractivity contribution in [2.24, 2.45) is 5.92 Å². The van der Waals surface area contributed by atoms with E-state index < -0.39 is 14.6 Å². The molecule has 1 atom stereocenters. The highest BCUT2D eigenvalue weighted by molar-refractivity contribution is 7.93. The Morgan fingerprint density at radius 3 is 2.74 bits per heavy atom. The molecule has 0 amide bonds. The van der Waals surface area contributed by atoms with Crippen LogP contribution in [0, 0.1) is 5.92 Å². The Hall–Kier alpha value is -0.980. The zero-order valence-electron chi connectivity index (χ0n) is 13.4. The third-order valence-electron chi connectivity index (χ3n) is 5.93. The molecule has 5 nitrogen and oxygen atoms in total. The highest BCUT2D eigenvalue weighted by Crippen LogP contribution is 2.47. The fraction of sp³-hybridized carbons (Fsp3) is 0.706. The van der Waals surface area contributed by atoms with Crippen LogP contribution in [0.1, 0.15) is 31.4 Å². The number of ether oxygens (including phenoxy) is 1. The van der Waals surface area contributed by atoms with Crippen LogP contribution in [0.2, 0.25) is 0 Å². The zero-order chi connectivity index (χ0) is 15.9. The van der Waals surface area contributed by atoms with Gasteiger partial charge in [0, 0.05) is 31.2 Å². The number of likely N-dealkylation sites (tertiary alicyclic amines) is 1. The predicted molar refractivity (Wildman–Crippen MR) is 87.7 cm³/mol. The van der Waals surface area contributed by atoms with Crippen LogP contribution >= 0.6 is 0 Å². The van der Waals surface area contributed by atoms with Gasteiger partial charge in [-0.3, -0.25) is 9.88 Å². The van der Waals surface area contributed by atoms with E-state index in [0.717, 1.165) is 25.2 Å². The summed E-state index contributed by atoms with van der Waals surface area (Å²) in [5.41, 5.74) is 0.895. The van der Waals surface area contributed by atoms with Crippen LogP contribution in [0.5, 0.6) is 0 Å². The van der Waals surface area contributed by atoms with Crippen molar-refractivity contribution in [3.05, 3.63) is 30.1 Å². The molecular weight excluding hydrogens is 312 g/mol. The van der Waals surface area contributed by atoms with E-state index >= 15 is 0 Å². The molecule has 23 heavy (non-hydrogen) atoms. The number of sulfone groups is 1. The smallest absolute Gasteiger partial charge is 0.158 e. The molecular formula is C17H24N2O3S. The maximum atomic E-state index is 12.6. The quantitative estimate of drug-likeness (QED) is 0.818. The van der Waals surface area contributed by atoms with Gasteiger partial charge in [-0.1, -0.05) is 12.5 Å². The minimum atomic E-state index is -2.98. The van der Waals surface area contributed by atoms with Gasteiger partial charge in [0.1, 0.15) is 4.75 Å². The number of pyridine rings is 1. The van der Waals surface area contributed by atoms with E-state index in [9.17, 15) is 8.42 Å². The number of hydrogen-bond donors (Lipinski definition) is 0. The average molecular weight is 336 g/mol. The van der Waals surface area contributed by atoms with Gasteiger partial charge in [0.2, 0.25) is 0 Å². The summed E-state index contributed by atoms with van der Waals surface area (Å²) in [7, 11) is -2.98. The first kappa shape index (κ1) is 15.5.